The fraction of sp³-hybridized carbons (Fsp3) is 0.520. The Morgan fingerprint density at radius 3 is 2.52 bits per heavy atom. The van der Waals surface area contributed by atoms with E-state index in [9.17, 15) is 9.59 Å². The molecule has 2 aliphatic rings. The van der Waals surface area contributed by atoms with Gasteiger partial charge in [0, 0.05) is 38.1 Å². The molecule has 3 heterocycles. The molecule has 2 amide bonds. The first-order valence-electron chi connectivity index (χ1n) is 11.5. The molecule has 0 spiro atoms. The first-order valence-corrected chi connectivity index (χ1v) is 11.5. The summed E-state index contributed by atoms with van der Waals surface area (Å²) < 4.78 is 5.01. The van der Waals surface area contributed by atoms with Gasteiger partial charge < -0.3 is 14.6 Å². The van der Waals surface area contributed by atoms with Gasteiger partial charge in [-0.1, -0.05) is 30.7 Å². The maximum atomic E-state index is 12.8. The van der Waals surface area contributed by atoms with E-state index in [1.165, 1.54) is 42.9 Å². The average Bonchev–Trinajstić information content (AvgIpc) is 3.34. The number of hydrogen-bond acceptors (Lipinski definition) is 4. The Bertz CT molecular complexity index is 872. The van der Waals surface area contributed by atoms with Crippen LogP contribution in [0.4, 0.5) is 0 Å². The smallest absolute Gasteiger partial charge is 0.257 e. The van der Waals surface area contributed by atoms with E-state index in [0.29, 0.717) is 44.1 Å². The molecule has 2 aromatic rings. The fourth-order valence-corrected chi connectivity index (χ4v) is 4.74. The van der Waals surface area contributed by atoms with E-state index in [-0.39, 0.29) is 17.7 Å². The number of hydrogen-bond donors (Lipinski definition) is 1. The molecule has 0 saturated carbocycles. The molecular weight excluding hydrogens is 390 g/mol. The van der Waals surface area contributed by atoms with E-state index < -0.39 is 0 Å². The lowest BCUT2D eigenvalue weighted by atomic mass is 9.95. The van der Waals surface area contributed by atoms with Gasteiger partial charge in [-0.3, -0.25) is 14.5 Å². The molecule has 6 heteroatoms. The number of furan rings is 1. The molecule has 4 rings (SSSR count). The van der Waals surface area contributed by atoms with Gasteiger partial charge in [0.1, 0.15) is 6.26 Å². The number of amides is 2. The van der Waals surface area contributed by atoms with Crippen LogP contribution in [0.3, 0.4) is 0 Å². The highest BCUT2D eigenvalue weighted by molar-refractivity contribution is 5.94. The monoisotopic (exact) mass is 423 g/mol. The third-order valence-electron chi connectivity index (χ3n) is 6.81. The SMILES string of the molecule is CC1CCCCN1Cc1ccccc1CNC(=O)C1CCN(C(=O)c2ccoc2)CC1. The van der Waals surface area contributed by atoms with Crippen molar-refractivity contribution in [1.29, 1.82) is 0 Å². The van der Waals surface area contributed by atoms with Crippen LogP contribution in [0.5, 0.6) is 0 Å². The van der Waals surface area contributed by atoms with Gasteiger partial charge in [0.15, 0.2) is 0 Å². The largest absolute Gasteiger partial charge is 0.472 e. The van der Waals surface area contributed by atoms with Gasteiger partial charge in [-0.15, -0.1) is 0 Å². The van der Waals surface area contributed by atoms with Crippen LogP contribution >= 0.6 is 0 Å². The van der Waals surface area contributed by atoms with Gasteiger partial charge in [-0.25, -0.2) is 0 Å². The summed E-state index contributed by atoms with van der Waals surface area (Å²) in [5, 5.41) is 3.15. The van der Waals surface area contributed by atoms with Crippen LogP contribution in [-0.2, 0) is 17.9 Å². The number of likely N-dealkylation sites (tertiary alicyclic amines) is 2. The molecule has 1 N–H and O–H groups in total. The second-order valence-electron chi connectivity index (χ2n) is 8.88. The van der Waals surface area contributed by atoms with Crippen molar-refractivity contribution < 1.29 is 14.0 Å². The summed E-state index contributed by atoms with van der Waals surface area (Å²) in [5.74, 6) is 0.0349. The number of nitrogens with zero attached hydrogens (tertiary/aromatic N) is 2. The van der Waals surface area contributed by atoms with Crippen LogP contribution in [0.15, 0.2) is 47.3 Å². The molecule has 2 fully saturated rings. The second-order valence-corrected chi connectivity index (χ2v) is 8.88. The maximum Gasteiger partial charge on any atom is 0.257 e. The summed E-state index contributed by atoms with van der Waals surface area (Å²) in [6.45, 7) is 6.18. The van der Waals surface area contributed by atoms with Crippen LogP contribution in [0.2, 0.25) is 0 Å². The average molecular weight is 424 g/mol. The third-order valence-corrected chi connectivity index (χ3v) is 6.81. The Balaban J connectivity index is 1.28. The van der Waals surface area contributed by atoms with Crippen molar-refractivity contribution in [3.8, 4) is 0 Å². The topological polar surface area (TPSA) is 65.8 Å². The van der Waals surface area contributed by atoms with Crippen LogP contribution in [0.1, 0.15) is 60.5 Å². The Morgan fingerprint density at radius 2 is 1.81 bits per heavy atom. The standard InChI is InChI=1S/C25H33N3O3/c1-19-6-4-5-12-28(19)17-22-8-3-2-7-21(22)16-26-24(29)20-9-13-27(14-10-20)25(30)23-11-15-31-18-23/h2-3,7-8,11,15,18-20H,4-6,9-10,12-14,16-17H2,1H3,(H,26,29). The molecule has 166 valence electrons. The molecular formula is C25H33N3O3. The summed E-state index contributed by atoms with van der Waals surface area (Å²) in [5.41, 5.74) is 3.07. The fourth-order valence-electron chi connectivity index (χ4n) is 4.74. The second kappa shape index (κ2) is 10.1. The van der Waals surface area contributed by atoms with Gasteiger partial charge in [0.2, 0.25) is 5.91 Å². The van der Waals surface area contributed by atoms with Gasteiger partial charge in [-0.05, 0) is 56.3 Å². The Labute approximate surface area is 184 Å². The highest BCUT2D eigenvalue weighted by atomic mass is 16.3. The normalized spacial score (nSPS) is 20.5. The lowest BCUT2D eigenvalue weighted by molar-refractivity contribution is -0.126. The lowest BCUT2D eigenvalue weighted by Crippen LogP contribution is -2.43. The molecule has 1 unspecified atom stereocenters. The van der Waals surface area contributed by atoms with Crippen molar-refractivity contribution in [2.45, 2.75) is 58.2 Å². The van der Waals surface area contributed by atoms with Crippen LogP contribution in [-0.4, -0.2) is 47.3 Å². The van der Waals surface area contributed by atoms with E-state index in [1.54, 1.807) is 6.07 Å². The maximum absolute atomic E-state index is 12.8. The quantitative estimate of drug-likeness (QED) is 0.767. The number of carbonyl (C=O) groups is 2. The van der Waals surface area contributed by atoms with E-state index in [1.807, 2.05) is 11.0 Å². The highest BCUT2D eigenvalue weighted by Crippen LogP contribution is 2.22. The number of rotatable bonds is 6. The van der Waals surface area contributed by atoms with E-state index >= 15 is 0 Å². The molecule has 31 heavy (non-hydrogen) atoms. The van der Waals surface area contributed by atoms with E-state index in [2.05, 4.69) is 35.3 Å². The van der Waals surface area contributed by atoms with E-state index in [4.69, 9.17) is 4.42 Å². The lowest BCUT2D eigenvalue weighted by Gasteiger charge is -2.34. The van der Waals surface area contributed by atoms with Crippen molar-refractivity contribution >= 4 is 11.8 Å². The number of benzene rings is 1. The number of piperidine rings is 2. The van der Waals surface area contributed by atoms with Gasteiger partial charge in [0.25, 0.3) is 5.91 Å². The van der Waals surface area contributed by atoms with Gasteiger partial charge in [0.05, 0.1) is 11.8 Å². The first-order chi connectivity index (χ1) is 15.1. The zero-order chi connectivity index (χ0) is 21.6. The zero-order valence-electron chi connectivity index (χ0n) is 18.4. The third kappa shape index (κ3) is 5.37. The van der Waals surface area contributed by atoms with Crippen molar-refractivity contribution in [1.82, 2.24) is 15.1 Å². The summed E-state index contributed by atoms with van der Waals surface area (Å²) in [7, 11) is 0. The molecule has 0 bridgehead atoms. The predicted octanol–water partition coefficient (Wildman–Crippen LogP) is 3.82. The van der Waals surface area contributed by atoms with E-state index in [0.717, 1.165) is 13.1 Å². The minimum atomic E-state index is -0.0392. The molecule has 6 nitrogen and oxygen atoms in total. The predicted molar refractivity (Wildman–Crippen MR) is 119 cm³/mol. The number of carbonyl (C=O) groups excluding carboxylic acids is 2. The molecule has 0 aliphatic carbocycles. The van der Waals surface area contributed by atoms with Gasteiger partial charge >= 0.3 is 0 Å². The summed E-state index contributed by atoms with van der Waals surface area (Å²) in [6, 6.07) is 10.7. The van der Waals surface area contributed by atoms with Crippen LogP contribution in [0.25, 0.3) is 0 Å². The molecule has 1 atom stereocenters. The Hall–Kier alpha value is -2.60. The zero-order valence-corrected chi connectivity index (χ0v) is 18.4. The van der Waals surface area contributed by atoms with Crippen molar-refractivity contribution in [2.75, 3.05) is 19.6 Å². The van der Waals surface area contributed by atoms with Crippen molar-refractivity contribution in [2.24, 2.45) is 5.92 Å². The number of nitrogens with one attached hydrogen (secondary N) is 1. The molecule has 0 radical (unpaired) electrons. The summed E-state index contributed by atoms with van der Waals surface area (Å²) in [4.78, 5) is 29.6. The minimum Gasteiger partial charge on any atom is -0.472 e. The van der Waals surface area contributed by atoms with Crippen LogP contribution < -0.4 is 5.32 Å². The van der Waals surface area contributed by atoms with Crippen molar-refractivity contribution in [3.63, 3.8) is 0 Å². The van der Waals surface area contributed by atoms with Crippen molar-refractivity contribution in [3.05, 3.63) is 59.5 Å². The summed E-state index contributed by atoms with van der Waals surface area (Å²) >= 11 is 0. The molecule has 2 saturated heterocycles. The summed E-state index contributed by atoms with van der Waals surface area (Å²) in [6.07, 6.45) is 8.23. The molecule has 1 aromatic heterocycles. The van der Waals surface area contributed by atoms with Crippen LogP contribution in [0, 0.1) is 5.92 Å². The minimum absolute atomic E-state index is 0.0199. The van der Waals surface area contributed by atoms with Gasteiger partial charge in [-0.2, -0.15) is 0 Å². The Kier molecular flexibility index (Phi) is 7.07. The Morgan fingerprint density at radius 1 is 1.03 bits per heavy atom. The molecule has 2 aliphatic heterocycles. The first kappa shape index (κ1) is 21.6. The molecule has 1 aromatic carbocycles. The highest BCUT2D eigenvalue weighted by Gasteiger charge is 2.28.